The Morgan fingerprint density at radius 1 is 0.875 bits per heavy atom. The molecule has 1 aliphatic rings. The first-order chi connectivity index (χ1) is 19.1. The lowest BCUT2D eigenvalue weighted by Crippen LogP contribution is -2.37. The number of amides is 3. The summed E-state index contributed by atoms with van der Waals surface area (Å²) in [6.07, 6.45) is 3.65. The van der Waals surface area contributed by atoms with Crippen molar-refractivity contribution in [2.45, 2.75) is 65.5 Å². The van der Waals surface area contributed by atoms with Crippen LogP contribution in [0.4, 0.5) is 4.79 Å². The van der Waals surface area contributed by atoms with Crippen molar-refractivity contribution in [3.05, 3.63) is 65.7 Å². The number of carbonyl (C=O) groups is 3. The average Bonchev–Trinajstić information content (AvgIpc) is 2.93. The minimum absolute atomic E-state index is 0.0841. The second-order valence-electron chi connectivity index (χ2n) is 11.7. The van der Waals surface area contributed by atoms with Gasteiger partial charge in [-0.15, -0.1) is 0 Å². The molecule has 0 saturated heterocycles. The molecule has 3 amide bonds. The molecule has 0 bridgehead atoms. The number of hydrogen-bond acceptors (Lipinski definition) is 5. The number of aromatic nitrogens is 1. The van der Waals surface area contributed by atoms with Crippen LogP contribution in [0.2, 0.25) is 0 Å². The summed E-state index contributed by atoms with van der Waals surface area (Å²) >= 11 is 0. The third kappa shape index (κ3) is 8.28. The van der Waals surface area contributed by atoms with E-state index in [1.54, 1.807) is 0 Å². The third-order valence-electron chi connectivity index (χ3n) is 7.18. The van der Waals surface area contributed by atoms with Crippen molar-refractivity contribution in [2.24, 2.45) is 11.8 Å². The normalized spacial score (nSPS) is 17.2. The van der Waals surface area contributed by atoms with E-state index in [-0.39, 0.29) is 17.9 Å². The number of ether oxygens (including phenoxy) is 1. The van der Waals surface area contributed by atoms with Gasteiger partial charge in [0.2, 0.25) is 5.91 Å². The Hall–Kier alpha value is -3.94. The molecule has 1 aromatic heterocycles. The van der Waals surface area contributed by atoms with Crippen molar-refractivity contribution in [1.82, 2.24) is 20.9 Å². The SMILES string of the molecule is CC(=O)NCc1cccc(-c2cc(C(=O)NC[C@H]3CC[C@H](CNC(=O)OC(C)(C)C)CC3)c3ccccc3n2)c1. The highest BCUT2D eigenvalue weighted by atomic mass is 16.6. The second kappa shape index (κ2) is 12.9. The molecule has 1 saturated carbocycles. The zero-order chi connectivity index (χ0) is 28.7. The molecule has 8 nitrogen and oxygen atoms in total. The van der Waals surface area contributed by atoms with Crippen LogP contribution in [-0.4, -0.2) is 41.6 Å². The predicted octanol–water partition coefficient (Wildman–Crippen LogP) is 5.60. The number of alkyl carbamates (subject to hydrolysis) is 1. The fourth-order valence-electron chi connectivity index (χ4n) is 5.09. The van der Waals surface area contributed by atoms with Crippen LogP contribution in [0, 0.1) is 11.8 Å². The van der Waals surface area contributed by atoms with Crippen LogP contribution >= 0.6 is 0 Å². The van der Waals surface area contributed by atoms with Crippen molar-refractivity contribution in [2.75, 3.05) is 13.1 Å². The number of hydrogen-bond donors (Lipinski definition) is 3. The number of nitrogens with one attached hydrogen (secondary N) is 3. The lowest BCUT2D eigenvalue weighted by Gasteiger charge is -2.29. The van der Waals surface area contributed by atoms with E-state index < -0.39 is 5.60 Å². The maximum Gasteiger partial charge on any atom is 0.407 e. The highest BCUT2D eigenvalue weighted by Gasteiger charge is 2.24. The molecule has 8 heteroatoms. The first kappa shape index (κ1) is 29.1. The molecule has 40 heavy (non-hydrogen) atoms. The Balaban J connectivity index is 1.38. The molecule has 3 aromatic rings. The summed E-state index contributed by atoms with van der Waals surface area (Å²) in [5, 5.41) is 9.70. The molecule has 1 fully saturated rings. The van der Waals surface area contributed by atoms with Gasteiger partial charge in [0.1, 0.15) is 5.60 Å². The average molecular weight is 545 g/mol. The maximum absolute atomic E-state index is 13.4. The molecule has 0 radical (unpaired) electrons. The smallest absolute Gasteiger partial charge is 0.407 e. The summed E-state index contributed by atoms with van der Waals surface area (Å²) in [4.78, 5) is 41.6. The molecular formula is C32H40N4O4. The zero-order valence-electron chi connectivity index (χ0n) is 23.9. The minimum atomic E-state index is -0.501. The minimum Gasteiger partial charge on any atom is -0.444 e. The Morgan fingerprint density at radius 2 is 1.55 bits per heavy atom. The molecular weight excluding hydrogens is 504 g/mol. The number of benzene rings is 2. The van der Waals surface area contributed by atoms with Crippen LogP contribution in [0.15, 0.2) is 54.6 Å². The third-order valence-corrected chi connectivity index (χ3v) is 7.18. The van der Waals surface area contributed by atoms with E-state index in [0.29, 0.717) is 42.7 Å². The Kier molecular flexibility index (Phi) is 9.40. The van der Waals surface area contributed by atoms with Crippen LogP contribution in [0.5, 0.6) is 0 Å². The molecule has 0 unspecified atom stereocenters. The van der Waals surface area contributed by atoms with Gasteiger partial charge in [-0.25, -0.2) is 9.78 Å². The van der Waals surface area contributed by atoms with E-state index in [9.17, 15) is 14.4 Å². The highest BCUT2D eigenvalue weighted by molar-refractivity contribution is 6.07. The number of nitrogens with zero attached hydrogens (tertiary/aromatic N) is 1. The zero-order valence-corrected chi connectivity index (χ0v) is 23.9. The molecule has 1 heterocycles. The van der Waals surface area contributed by atoms with Gasteiger partial charge in [0.15, 0.2) is 0 Å². The van der Waals surface area contributed by atoms with Gasteiger partial charge in [-0.2, -0.15) is 0 Å². The number of para-hydroxylation sites is 1. The lowest BCUT2D eigenvalue weighted by molar-refractivity contribution is -0.119. The standard InChI is InChI=1S/C32H40N4O4/c1-21(37)33-20-24-8-7-9-25(16-24)29-17-27(26-10-5-6-11-28(26)36-29)30(38)34-18-22-12-14-23(15-13-22)19-35-31(39)40-32(2,3)4/h5-11,16-17,22-23H,12-15,18-20H2,1-4H3,(H,33,37)(H,34,38)(H,35,39)/t22-,23-. The van der Waals surface area contributed by atoms with E-state index >= 15 is 0 Å². The quantitative estimate of drug-likeness (QED) is 0.342. The summed E-state index contributed by atoms with van der Waals surface area (Å²) in [6, 6.07) is 17.4. The first-order valence-corrected chi connectivity index (χ1v) is 14.1. The summed E-state index contributed by atoms with van der Waals surface area (Å²) in [7, 11) is 0. The maximum atomic E-state index is 13.4. The number of rotatable bonds is 8. The van der Waals surface area contributed by atoms with Gasteiger partial charge in [0.25, 0.3) is 5.91 Å². The van der Waals surface area contributed by atoms with Crippen molar-refractivity contribution in [3.63, 3.8) is 0 Å². The summed E-state index contributed by atoms with van der Waals surface area (Å²) in [5.41, 5.74) is 3.43. The van der Waals surface area contributed by atoms with Gasteiger partial charge in [0, 0.05) is 37.5 Å². The molecule has 0 atom stereocenters. The van der Waals surface area contributed by atoms with E-state index in [4.69, 9.17) is 9.72 Å². The van der Waals surface area contributed by atoms with Crippen LogP contribution in [0.1, 0.15) is 69.3 Å². The van der Waals surface area contributed by atoms with Gasteiger partial charge < -0.3 is 20.7 Å². The van der Waals surface area contributed by atoms with E-state index in [2.05, 4.69) is 16.0 Å². The van der Waals surface area contributed by atoms with Crippen LogP contribution in [0.3, 0.4) is 0 Å². The van der Waals surface area contributed by atoms with Gasteiger partial charge in [0.05, 0.1) is 16.8 Å². The monoisotopic (exact) mass is 544 g/mol. The Bertz CT molecular complexity index is 1360. The fourth-order valence-corrected chi connectivity index (χ4v) is 5.09. The van der Waals surface area contributed by atoms with Crippen LogP contribution in [-0.2, 0) is 16.1 Å². The Morgan fingerprint density at radius 3 is 2.23 bits per heavy atom. The first-order valence-electron chi connectivity index (χ1n) is 14.1. The van der Waals surface area contributed by atoms with Gasteiger partial charge >= 0.3 is 6.09 Å². The highest BCUT2D eigenvalue weighted by Crippen LogP contribution is 2.29. The second-order valence-corrected chi connectivity index (χ2v) is 11.7. The van der Waals surface area contributed by atoms with Crippen molar-refractivity contribution < 1.29 is 19.1 Å². The fraction of sp³-hybridized carbons (Fsp3) is 0.438. The van der Waals surface area contributed by atoms with E-state index in [0.717, 1.165) is 47.7 Å². The summed E-state index contributed by atoms with van der Waals surface area (Å²) in [6.45, 7) is 8.73. The molecule has 212 valence electrons. The topological polar surface area (TPSA) is 109 Å². The molecule has 0 spiro atoms. The van der Waals surface area contributed by atoms with Crippen molar-refractivity contribution in [3.8, 4) is 11.3 Å². The van der Waals surface area contributed by atoms with Crippen LogP contribution < -0.4 is 16.0 Å². The van der Waals surface area contributed by atoms with Crippen molar-refractivity contribution in [1.29, 1.82) is 0 Å². The number of carbonyl (C=O) groups excluding carboxylic acids is 3. The molecule has 0 aliphatic heterocycles. The largest absolute Gasteiger partial charge is 0.444 e. The van der Waals surface area contributed by atoms with Crippen LogP contribution in [0.25, 0.3) is 22.2 Å². The molecule has 3 N–H and O–H groups in total. The Labute approximate surface area is 236 Å². The molecule has 1 aliphatic carbocycles. The predicted molar refractivity (Wildman–Crippen MR) is 157 cm³/mol. The summed E-state index contributed by atoms with van der Waals surface area (Å²) in [5.74, 6) is 0.634. The molecule has 4 rings (SSSR count). The summed E-state index contributed by atoms with van der Waals surface area (Å²) < 4.78 is 5.33. The van der Waals surface area contributed by atoms with Gasteiger partial charge in [-0.1, -0.05) is 36.4 Å². The van der Waals surface area contributed by atoms with E-state index in [1.165, 1.54) is 6.92 Å². The van der Waals surface area contributed by atoms with Crippen molar-refractivity contribution >= 4 is 28.8 Å². The van der Waals surface area contributed by atoms with Gasteiger partial charge in [-0.3, -0.25) is 9.59 Å². The number of fused-ring (bicyclic) bond motifs is 1. The lowest BCUT2D eigenvalue weighted by atomic mass is 9.82. The number of pyridine rings is 1. The van der Waals surface area contributed by atoms with E-state index in [1.807, 2.05) is 75.4 Å². The molecule has 2 aromatic carbocycles. The van der Waals surface area contributed by atoms with Gasteiger partial charge in [-0.05, 0) is 82.1 Å².